The molecular formula is C22H18ClF2N3O2. The highest BCUT2D eigenvalue weighted by atomic mass is 35.5. The van der Waals surface area contributed by atoms with E-state index in [2.05, 4.69) is 9.98 Å². The number of methoxy groups -OCH3 is 1. The van der Waals surface area contributed by atoms with Crippen molar-refractivity contribution < 1.29 is 18.3 Å². The second kappa shape index (κ2) is 7.57. The highest BCUT2D eigenvalue weighted by Crippen LogP contribution is 2.42. The van der Waals surface area contributed by atoms with Gasteiger partial charge in [0.05, 0.1) is 12.1 Å². The molecule has 5 nitrogen and oxygen atoms in total. The number of rotatable bonds is 4. The molecule has 2 heterocycles. The number of nitrogens with two attached hydrogens (primary N) is 1. The van der Waals surface area contributed by atoms with E-state index in [0.29, 0.717) is 27.5 Å². The molecule has 2 aromatic carbocycles. The van der Waals surface area contributed by atoms with Gasteiger partial charge in [-0.05, 0) is 53.9 Å². The lowest BCUT2D eigenvalue weighted by atomic mass is 9.83. The van der Waals surface area contributed by atoms with E-state index in [1.54, 1.807) is 43.3 Å². The highest BCUT2D eigenvalue weighted by molar-refractivity contribution is 6.32. The maximum atomic E-state index is 14.7. The van der Waals surface area contributed by atoms with Gasteiger partial charge in [-0.15, -0.1) is 0 Å². The molecule has 154 valence electrons. The van der Waals surface area contributed by atoms with E-state index in [0.717, 1.165) is 0 Å². The first-order chi connectivity index (χ1) is 14.3. The van der Waals surface area contributed by atoms with Crippen molar-refractivity contribution in [3.8, 4) is 16.9 Å². The smallest absolute Gasteiger partial charge is 0.283 e. The van der Waals surface area contributed by atoms with Crippen molar-refractivity contribution in [1.82, 2.24) is 4.98 Å². The van der Waals surface area contributed by atoms with Crippen LogP contribution in [-0.2, 0) is 10.3 Å². The summed E-state index contributed by atoms with van der Waals surface area (Å²) in [5.74, 6) is -0.841. The second-order valence-electron chi connectivity index (χ2n) is 6.99. The summed E-state index contributed by atoms with van der Waals surface area (Å²) in [6.07, 6.45) is 1.39. The van der Waals surface area contributed by atoms with E-state index < -0.39 is 17.3 Å². The number of amidine groups is 1. The van der Waals surface area contributed by atoms with E-state index in [1.807, 2.05) is 0 Å². The van der Waals surface area contributed by atoms with E-state index in [4.69, 9.17) is 26.8 Å². The molecule has 0 amide bonds. The summed E-state index contributed by atoms with van der Waals surface area (Å²) in [5.41, 5.74) is 6.84. The van der Waals surface area contributed by atoms with Crippen LogP contribution in [0, 0.1) is 18.7 Å². The van der Waals surface area contributed by atoms with Crippen LogP contribution in [0.15, 0.2) is 53.7 Å². The molecular weight excluding hydrogens is 412 g/mol. The molecule has 0 bridgehead atoms. The van der Waals surface area contributed by atoms with Gasteiger partial charge in [-0.2, -0.15) is 4.39 Å². The van der Waals surface area contributed by atoms with Crippen molar-refractivity contribution in [2.75, 3.05) is 13.7 Å². The van der Waals surface area contributed by atoms with E-state index in [-0.39, 0.29) is 23.8 Å². The van der Waals surface area contributed by atoms with Crippen LogP contribution in [0.25, 0.3) is 11.1 Å². The molecule has 30 heavy (non-hydrogen) atoms. The lowest BCUT2D eigenvalue weighted by molar-refractivity contribution is 0.278. The van der Waals surface area contributed by atoms with Gasteiger partial charge in [-0.25, -0.2) is 14.4 Å². The number of pyridine rings is 1. The highest BCUT2D eigenvalue weighted by Gasteiger charge is 2.41. The van der Waals surface area contributed by atoms with Crippen molar-refractivity contribution in [2.24, 2.45) is 10.7 Å². The molecule has 1 aliphatic heterocycles. The SMILES string of the molecule is COc1ccc(C2(c3ccc(F)c(-c4cc(C)cnc4F)c3)COC(N)=N2)cc1Cl. The van der Waals surface area contributed by atoms with Crippen LogP contribution in [0.1, 0.15) is 16.7 Å². The number of hydrogen-bond acceptors (Lipinski definition) is 5. The molecule has 1 atom stereocenters. The second-order valence-corrected chi connectivity index (χ2v) is 7.40. The Bertz CT molecular complexity index is 1170. The van der Waals surface area contributed by atoms with Gasteiger partial charge in [0.15, 0.2) is 5.54 Å². The van der Waals surface area contributed by atoms with Crippen molar-refractivity contribution >= 4 is 17.6 Å². The Morgan fingerprint density at radius 2 is 1.83 bits per heavy atom. The van der Waals surface area contributed by atoms with Crippen LogP contribution in [0.3, 0.4) is 0 Å². The third kappa shape index (κ3) is 3.35. The zero-order valence-corrected chi connectivity index (χ0v) is 17.0. The Kier molecular flexibility index (Phi) is 5.07. The number of aliphatic imine (C=N–C) groups is 1. The Morgan fingerprint density at radius 3 is 2.50 bits per heavy atom. The van der Waals surface area contributed by atoms with Crippen molar-refractivity contribution in [3.05, 3.63) is 82.1 Å². The zero-order valence-electron chi connectivity index (χ0n) is 16.2. The van der Waals surface area contributed by atoms with Crippen LogP contribution >= 0.6 is 11.6 Å². The van der Waals surface area contributed by atoms with Gasteiger partial charge in [0, 0.05) is 17.3 Å². The maximum absolute atomic E-state index is 14.7. The van der Waals surface area contributed by atoms with Gasteiger partial charge in [0.2, 0.25) is 5.95 Å². The first-order valence-electron chi connectivity index (χ1n) is 9.09. The largest absolute Gasteiger partial charge is 0.495 e. The predicted octanol–water partition coefficient (Wildman–Crippen LogP) is 4.59. The summed E-state index contributed by atoms with van der Waals surface area (Å²) in [6.45, 7) is 1.84. The summed E-state index contributed by atoms with van der Waals surface area (Å²) >= 11 is 6.32. The summed E-state index contributed by atoms with van der Waals surface area (Å²) < 4.78 is 39.8. The predicted molar refractivity (Wildman–Crippen MR) is 111 cm³/mol. The fraction of sp³-hybridized carbons (Fsp3) is 0.182. The number of aromatic nitrogens is 1. The summed E-state index contributed by atoms with van der Waals surface area (Å²) in [7, 11) is 1.52. The topological polar surface area (TPSA) is 69.7 Å². The fourth-order valence-electron chi connectivity index (χ4n) is 3.55. The third-order valence-corrected chi connectivity index (χ3v) is 5.36. The molecule has 0 aliphatic carbocycles. The fourth-order valence-corrected chi connectivity index (χ4v) is 3.81. The minimum atomic E-state index is -1.07. The molecule has 0 radical (unpaired) electrons. The van der Waals surface area contributed by atoms with Crippen LogP contribution in [0.2, 0.25) is 5.02 Å². The summed E-state index contributed by atoms with van der Waals surface area (Å²) in [5, 5.41) is 0.381. The Morgan fingerprint density at radius 1 is 1.10 bits per heavy atom. The third-order valence-electron chi connectivity index (χ3n) is 5.07. The Hall–Kier alpha value is -3.19. The average Bonchev–Trinajstić information content (AvgIpc) is 3.13. The molecule has 8 heteroatoms. The molecule has 4 rings (SSSR count). The van der Waals surface area contributed by atoms with Gasteiger partial charge in [0.25, 0.3) is 6.02 Å². The van der Waals surface area contributed by atoms with E-state index >= 15 is 0 Å². The van der Waals surface area contributed by atoms with Crippen LogP contribution < -0.4 is 10.5 Å². The summed E-state index contributed by atoms with van der Waals surface area (Å²) in [6, 6.07) is 11.1. The van der Waals surface area contributed by atoms with Gasteiger partial charge in [-0.1, -0.05) is 23.7 Å². The lowest BCUT2D eigenvalue weighted by Crippen LogP contribution is -2.27. The molecule has 3 aromatic rings. The minimum absolute atomic E-state index is 0.00350. The molecule has 1 unspecified atom stereocenters. The van der Waals surface area contributed by atoms with Crippen LogP contribution in [0.4, 0.5) is 8.78 Å². The van der Waals surface area contributed by atoms with Crippen molar-refractivity contribution in [3.63, 3.8) is 0 Å². The van der Waals surface area contributed by atoms with E-state index in [9.17, 15) is 8.78 Å². The number of ether oxygens (including phenoxy) is 2. The standard InChI is InChI=1S/C22H18ClF2N3O2/c1-12-7-16(20(25)27-10-12)15-8-13(3-5-18(15)24)22(11-30-21(26)28-22)14-4-6-19(29-2)17(23)9-14/h3-10H,11H2,1-2H3,(H2,26,28). The number of benzene rings is 2. The normalized spacial score (nSPS) is 18.1. The maximum Gasteiger partial charge on any atom is 0.283 e. The monoisotopic (exact) mass is 429 g/mol. The average molecular weight is 430 g/mol. The van der Waals surface area contributed by atoms with E-state index in [1.165, 1.54) is 19.4 Å². The lowest BCUT2D eigenvalue weighted by Gasteiger charge is -2.26. The van der Waals surface area contributed by atoms with Crippen LogP contribution in [-0.4, -0.2) is 24.7 Å². The number of hydrogen-bond donors (Lipinski definition) is 1. The summed E-state index contributed by atoms with van der Waals surface area (Å²) in [4.78, 5) is 8.21. The number of nitrogens with zero attached hydrogens (tertiary/aromatic N) is 2. The zero-order chi connectivity index (χ0) is 21.5. The Balaban J connectivity index is 1.92. The first kappa shape index (κ1) is 20.1. The molecule has 0 saturated heterocycles. The number of halogens is 3. The quantitative estimate of drug-likeness (QED) is 0.616. The Labute approximate surface area is 177 Å². The minimum Gasteiger partial charge on any atom is -0.495 e. The van der Waals surface area contributed by atoms with Crippen LogP contribution in [0.5, 0.6) is 5.75 Å². The van der Waals surface area contributed by atoms with Gasteiger partial charge in [0.1, 0.15) is 18.2 Å². The van der Waals surface area contributed by atoms with Gasteiger partial charge in [-0.3, -0.25) is 0 Å². The molecule has 0 saturated carbocycles. The van der Waals surface area contributed by atoms with Gasteiger partial charge < -0.3 is 15.2 Å². The molecule has 1 aliphatic rings. The molecule has 1 aromatic heterocycles. The van der Waals surface area contributed by atoms with Crippen molar-refractivity contribution in [1.29, 1.82) is 0 Å². The van der Waals surface area contributed by atoms with Crippen molar-refractivity contribution in [2.45, 2.75) is 12.5 Å². The number of aryl methyl sites for hydroxylation is 1. The molecule has 2 N–H and O–H groups in total. The molecule has 0 spiro atoms. The first-order valence-corrected chi connectivity index (χ1v) is 9.46. The molecule has 0 fully saturated rings. The van der Waals surface area contributed by atoms with Gasteiger partial charge >= 0.3 is 0 Å².